The van der Waals surface area contributed by atoms with Gasteiger partial charge in [0.2, 0.25) is 0 Å². The van der Waals surface area contributed by atoms with Crippen LogP contribution in [0.1, 0.15) is 0 Å². The summed E-state index contributed by atoms with van der Waals surface area (Å²) >= 11 is 0. The normalized spacial score (nSPS) is 12.1. The number of fused-ring (bicyclic) bond motifs is 32. The Kier molecular flexibility index (Phi) is 18.5. The Hall–Kier alpha value is -19.7. The Morgan fingerprint density at radius 2 is 0.372 bits per heavy atom. The predicted octanol–water partition coefficient (Wildman–Crippen LogP) is 38.4. The summed E-state index contributed by atoms with van der Waals surface area (Å²) in [6.07, 6.45) is 0. The Bertz CT molecular complexity index is 11200. The fraction of sp³-hybridized carbons (Fsp3) is 0. The third-order valence-electron chi connectivity index (χ3n) is 31.8. The second kappa shape index (κ2) is 33.0. The lowest BCUT2D eigenvalue weighted by atomic mass is 9.94. The zero-order valence-corrected chi connectivity index (χ0v) is 80.5. The van der Waals surface area contributed by atoms with E-state index in [1.807, 2.05) is 0 Å². The number of nitrogens with zero attached hydrogens (tertiary/aromatic N) is 6. The van der Waals surface area contributed by atoms with Gasteiger partial charge >= 0.3 is 0 Å². The Labute approximate surface area is 851 Å². The lowest BCUT2D eigenvalue weighted by Gasteiger charge is -2.16. The van der Waals surface area contributed by atoms with Crippen molar-refractivity contribution >= 4 is 206 Å². The highest BCUT2D eigenvalue weighted by atomic mass is 15.0. The van der Waals surface area contributed by atoms with E-state index in [4.69, 9.17) is 0 Å². The van der Waals surface area contributed by atoms with E-state index in [-0.39, 0.29) is 0 Å². The second-order valence-electron chi connectivity index (χ2n) is 39.6. The van der Waals surface area contributed by atoms with Gasteiger partial charge in [-0.1, -0.05) is 364 Å². The monoisotopic (exact) mass is 1880 g/mol. The molecule has 1 aliphatic carbocycles. The van der Waals surface area contributed by atoms with Gasteiger partial charge in [0.25, 0.3) is 0 Å². The average molecular weight is 1880 g/mol. The van der Waals surface area contributed by atoms with Gasteiger partial charge in [-0.05, 0) is 290 Å². The summed E-state index contributed by atoms with van der Waals surface area (Å²) in [5.41, 5.74) is 34.4. The van der Waals surface area contributed by atoms with Crippen molar-refractivity contribution in [3.8, 4) is 89.8 Å². The first kappa shape index (κ1) is 83.0. The van der Waals surface area contributed by atoms with Crippen LogP contribution in [0.3, 0.4) is 0 Å². The van der Waals surface area contributed by atoms with Crippen LogP contribution in [-0.2, 0) is 0 Å². The first-order chi connectivity index (χ1) is 73.5. The third-order valence-corrected chi connectivity index (χ3v) is 31.8. The van der Waals surface area contributed by atoms with E-state index < -0.39 is 0 Å². The smallest absolute Gasteiger partial charge is 0.0546 e. The van der Waals surface area contributed by atoms with E-state index in [0.29, 0.717) is 0 Å². The molecule has 0 radical (unpaired) electrons. The average Bonchev–Trinajstić information content (AvgIpc) is 1.51. The molecule has 26 aromatic carbocycles. The molecule has 6 heteroatoms. The maximum atomic E-state index is 2.47. The molecule has 0 unspecified atom stereocenters. The molecular weight excluding hydrogens is 1790 g/mol. The Morgan fingerprint density at radius 1 is 0.101 bits per heavy atom. The van der Waals surface area contributed by atoms with Gasteiger partial charge in [-0.15, -0.1) is 0 Å². The number of rotatable bonds is 9. The van der Waals surface area contributed by atoms with E-state index in [0.717, 1.165) is 0 Å². The molecule has 0 spiro atoms. The predicted molar refractivity (Wildman–Crippen MR) is 629 cm³/mol. The lowest BCUT2D eigenvalue weighted by Crippen LogP contribution is -1.96. The fourth-order valence-electron chi connectivity index (χ4n) is 25.3. The highest BCUT2D eigenvalue weighted by molar-refractivity contribution is 6.28. The van der Waals surface area contributed by atoms with Gasteiger partial charge in [-0.25, -0.2) is 0 Å². The second-order valence-corrected chi connectivity index (χ2v) is 39.6. The molecule has 0 fully saturated rings. The Balaban J connectivity index is 0.000000100. The molecule has 0 amide bonds. The molecule has 6 nitrogen and oxygen atoms in total. The van der Waals surface area contributed by atoms with Gasteiger partial charge in [0.1, 0.15) is 0 Å². The quantitative estimate of drug-likeness (QED) is 0.129. The number of aromatic nitrogens is 6. The molecule has 148 heavy (non-hydrogen) atoms. The zero-order chi connectivity index (χ0) is 96.9. The SMILES string of the molecule is c1ccc(-n2c3ccccc3c3cc(-c4ccc5c(c4)c4ccccc4n5-c4cc5ccc6ccccc6c5c5ccccc45)ccc32)cc1.c1ccc(-n2c3ccccc3c3cc(-c4ccc5c(c4)c4ccccc4n5-c4ccc5c6c(cccc46)-c4ccccc4-5)ccc32)cc1.c1ccc(-n2c3ccccc3c3cc(-c4ccc5c(c4)c4ccccc4n5-c4ccc5c6ccccc6c6ccccc6c5c4)ccc32)cc1. The van der Waals surface area contributed by atoms with Gasteiger partial charge in [0, 0.05) is 98.2 Å². The van der Waals surface area contributed by atoms with Crippen LogP contribution in [0.2, 0.25) is 0 Å². The van der Waals surface area contributed by atoms with Crippen LogP contribution >= 0.6 is 0 Å². The highest BCUT2D eigenvalue weighted by Crippen LogP contribution is 2.52. The third kappa shape index (κ3) is 12.6. The van der Waals surface area contributed by atoms with Crippen molar-refractivity contribution in [2.45, 2.75) is 0 Å². The topological polar surface area (TPSA) is 29.6 Å². The number of hydrogen-bond acceptors (Lipinski definition) is 0. The molecule has 0 saturated carbocycles. The number of para-hydroxylation sites is 9. The van der Waals surface area contributed by atoms with Gasteiger partial charge in [-0.3, -0.25) is 0 Å². The van der Waals surface area contributed by atoms with E-state index >= 15 is 0 Å². The summed E-state index contributed by atoms with van der Waals surface area (Å²) < 4.78 is 14.5. The van der Waals surface area contributed by atoms with Crippen molar-refractivity contribution in [2.75, 3.05) is 0 Å². The summed E-state index contributed by atoms with van der Waals surface area (Å²) in [7, 11) is 0. The van der Waals surface area contributed by atoms with Gasteiger partial charge < -0.3 is 27.4 Å². The van der Waals surface area contributed by atoms with E-state index in [9.17, 15) is 0 Å². The maximum absolute atomic E-state index is 2.47. The van der Waals surface area contributed by atoms with Gasteiger partial charge in [-0.2, -0.15) is 0 Å². The van der Waals surface area contributed by atoms with Crippen LogP contribution in [0.4, 0.5) is 0 Å². The minimum Gasteiger partial charge on any atom is -0.309 e. The molecular formula is C142H88N6. The van der Waals surface area contributed by atoms with Crippen molar-refractivity contribution in [2.24, 2.45) is 0 Å². The molecule has 6 heterocycles. The summed E-state index contributed by atoms with van der Waals surface area (Å²) in [6.45, 7) is 0. The van der Waals surface area contributed by atoms with Crippen LogP contribution < -0.4 is 0 Å². The van der Waals surface area contributed by atoms with Gasteiger partial charge in [0.15, 0.2) is 0 Å². The van der Waals surface area contributed by atoms with Crippen LogP contribution in [0.5, 0.6) is 0 Å². The van der Waals surface area contributed by atoms with Gasteiger partial charge in [0.05, 0.1) is 77.6 Å². The molecule has 33 rings (SSSR count). The molecule has 6 aromatic heterocycles. The highest BCUT2D eigenvalue weighted by Gasteiger charge is 2.28. The van der Waals surface area contributed by atoms with Crippen LogP contribution in [-0.4, -0.2) is 27.4 Å². The molecule has 0 saturated heterocycles. The van der Waals surface area contributed by atoms with Crippen LogP contribution in [0.25, 0.3) is 296 Å². The van der Waals surface area contributed by atoms with Crippen molar-refractivity contribution < 1.29 is 0 Å². The van der Waals surface area contributed by atoms with Crippen LogP contribution in [0.15, 0.2) is 534 Å². The zero-order valence-electron chi connectivity index (χ0n) is 80.5. The molecule has 686 valence electrons. The standard InChI is InChI=1S/2C48H30N2.C46H28N2/c1-2-13-35(14-3-1)49-43-20-10-8-17-38(43)41-28-32(24-26-45(41)49)33-25-27-46-42(29-33)39-18-9-11-21-44(39)50(46)47-30-34-23-22-31-12-4-5-15-36(31)48(34)40-19-7-6-16-37(40)47;1-2-12-33(13-3-1)49-45-20-10-8-18-40(45)43-28-31(22-26-47(43)49)32-23-27-48-44(29-32)41-19-9-11-21-46(41)50(48)34-24-25-39-37-16-5-4-14-35(37)36-15-6-7-17-38(36)42(39)30-34;1-2-11-31(12-3-1)47-41-19-8-6-15-34(41)39-27-29(21-24-44(39)47)30-22-25-45-40(28-30)35-16-7-9-20-42(35)48(45)43-26-23-37-33-14-5-4-13-32(33)36-17-10-18-38(43)46(36)37/h2*1-30H;1-28H. The van der Waals surface area contributed by atoms with E-state index in [2.05, 4.69) is 561 Å². The largest absolute Gasteiger partial charge is 0.309 e. The molecule has 32 aromatic rings. The van der Waals surface area contributed by atoms with E-state index in [1.165, 1.54) is 296 Å². The lowest BCUT2D eigenvalue weighted by molar-refractivity contribution is 1.18. The summed E-state index contributed by atoms with van der Waals surface area (Å²) in [4.78, 5) is 0. The minimum absolute atomic E-state index is 1.17. The van der Waals surface area contributed by atoms with Crippen LogP contribution in [0, 0.1) is 0 Å². The van der Waals surface area contributed by atoms with Crippen molar-refractivity contribution in [1.29, 1.82) is 0 Å². The summed E-state index contributed by atoms with van der Waals surface area (Å²) in [5, 5.41) is 33.2. The number of hydrogen-bond donors (Lipinski definition) is 0. The number of benzene rings is 26. The summed E-state index contributed by atoms with van der Waals surface area (Å²) in [5.74, 6) is 0. The summed E-state index contributed by atoms with van der Waals surface area (Å²) in [6, 6.07) is 196. The molecule has 0 aliphatic heterocycles. The van der Waals surface area contributed by atoms with Crippen molar-refractivity contribution in [3.05, 3.63) is 534 Å². The van der Waals surface area contributed by atoms with Crippen molar-refractivity contribution in [1.82, 2.24) is 27.4 Å². The minimum atomic E-state index is 1.17. The molecule has 1 aliphatic rings. The van der Waals surface area contributed by atoms with E-state index in [1.54, 1.807) is 0 Å². The first-order valence-corrected chi connectivity index (χ1v) is 51.2. The maximum Gasteiger partial charge on any atom is 0.0546 e. The van der Waals surface area contributed by atoms with Crippen molar-refractivity contribution in [3.63, 3.8) is 0 Å². The molecule has 0 N–H and O–H groups in total. The Morgan fingerprint density at radius 3 is 0.770 bits per heavy atom. The molecule has 0 atom stereocenters. The fourth-order valence-corrected chi connectivity index (χ4v) is 25.3. The first-order valence-electron chi connectivity index (χ1n) is 51.2. The molecule has 0 bridgehead atoms.